The molecule has 1 aromatic carbocycles. The number of aliphatic hydroxyl groups excluding tert-OH is 1. The molecule has 11 aliphatic rings. The molecule has 26 nitrogen and oxygen atoms in total. The summed E-state index contributed by atoms with van der Waals surface area (Å²) in [6, 6.07) is 3.68. The number of benzene rings is 1. The number of alkyl carbamates (subject to hydrolysis) is 1. The molecule has 1 aromatic rings. The Morgan fingerprint density at radius 3 is 2.23 bits per heavy atom. The van der Waals surface area contributed by atoms with Crippen molar-refractivity contribution in [1.82, 2.24) is 26.2 Å². The van der Waals surface area contributed by atoms with Crippen molar-refractivity contribution in [3.8, 4) is 0 Å². The Bertz CT molecular complexity index is 3000. The lowest BCUT2D eigenvalue weighted by Gasteiger charge is -2.47. The number of methoxy groups -OCH3 is 1. The van der Waals surface area contributed by atoms with E-state index in [-0.39, 0.29) is 161 Å². The van der Waals surface area contributed by atoms with Crippen LogP contribution in [0.5, 0.6) is 0 Å². The van der Waals surface area contributed by atoms with Gasteiger partial charge < -0.3 is 84.8 Å². The summed E-state index contributed by atoms with van der Waals surface area (Å²) in [5.41, 5.74) is 8.23. The number of ketones is 1. The number of hydrogen-bond acceptors (Lipinski definition) is 19. The number of aliphatic hydroxyl groups is 1. The van der Waals surface area contributed by atoms with Gasteiger partial charge in [-0.3, -0.25) is 33.7 Å². The van der Waals surface area contributed by atoms with Gasteiger partial charge in [0.15, 0.2) is 5.79 Å². The van der Waals surface area contributed by atoms with E-state index in [1.54, 1.807) is 45.2 Å². The number of ether oxygens (including phenoxy) is 10. The maximum Gasteiger partial charge on any atom is 0.407 e. The van der Waals surface area contributed by atoms with Gasteiger partial charge in [0.2, 0.25) is 17.7 Å². The highest BCUT2D eigenvalue weighted by molar-refractivity contribution is 6.12. The number of primary amides is 1. The Hall–Kier alpha value is -6.20. The fourth-order valence-electron chi connectivity index (χ4n) is 15.8. The minimum atomic E-state index is -1.10. The molecule has 11 heterocycles. The standard InChI is InChI=1S/C69H97N7O19/c1-36(2)58(75-55(79)12-8-7-9-26-76-56(80)21-22-57(76)81)66(83)74-48(11-10-25-71-67(70)84)65(82)73-41-15-13-40(14-16-41)35-87-68(85)72-34-43(78)31-53-59(86-6)47-30-42(77)29-45-18-20-50-60(90-45)64-63-62(92-50)61-54(93-63)33-69(94-61,95-64)24-23-46-28-38(4)49(88-46)19-17-44-27-37(3)39(5)51(89-44)32-52(47)91-53/h13-16,21-22,36-37,43-54,58-64,78H,4-5,7-12,17-20,23-35H2,1-3,6H3,(H,72,85)(H,73,82)(H,74,83)(H,75,79)(H3,70,71,84)/t37-,43+,44+,45-,46+,47+,48+,49+,50+,51-,52?,53-,54-,58+,59-,60+,61-,62?,63-,64+,69+/m1/s1. The highest BCUT2D eigenvalue weighted by atomic mass is 16.8. The zero-order valence-electron chi connectivity index (χ0n) is 55.1. The summed E-state index contributed by atoms with van der Waals surface area (Å²) in [6.07, 6.45) is 4.97. The van der Waals surface area contributed by atoms with Crippen LogP contribution < -0.4 is 32.3 Å². The van der Waals surface area contributed by atoms with Gasteiger partial charge in [-0.1, -0.05) is 52.5 Å². The van der Waals surface area contributed by atoms with Crippen LogP contribution in [0.4, 0.5) is 15.3 Å². The molecule has 8 N–H and O–H groups in total. The molecule has 2 unspecified atom stereocenters. The van der Waals surface area contributed by atoms with Gasteiger partial charge in [-0.25, -0.2) is 9.59 Å². The van der Waals surface area contributed by atoms with E-state index in [2.05, 4.69) is 46.7 Å². The van der Waals surface area contributed by atoms with Crippen molar-refractivity contribution in [2.45, 2.75) is 265 Å². The van der Waals surface area contributed by atoms with E-state index < -0.39 is 84.4 Å². The summed E-state index contributed by atoms with van der Waals surface area (Å²) in [4.78, 5) is 104. The Kier molecular flexibility index (Phi) is 23.0. The van der Waals surface area contributed by atoms with E-state index in [9.17, 15) is 43.5 Å². The molecule has 10 fully saturated rings. The molecule has 8 amide bonds. The van der Waals surface area contributed by atoms with Gasteiger partial charge >= 0.3 is 12.1 Å². The predicted molar refractivity (Wildman–Crippen MR) is 340 cm³/mol. The number of carbonyl (C=O) groups is 8. The van der Waals surface area contributed by atoms with Gasteiger partial charge in [-0.15, -0.1) is 0 Å². The molecule has 0 saturated carbocycles. The van der Waals surface area contributed by atoms with Gasteiger partial charge in [0, 0.05) is 95.4 Å². The van der Waals surface area contributed by atoms with Crippen LogP contribution in [0.1, 0.15) is 148 Å². The number of amides is 8. The molecule has 0 radical (unpaired) electrons. The zero-order chi connectivity index (χ0) is 67.2. The Labute approximate surface area is 554 Å². The fourth-order valence-corrected chi connectivity index (χ4v) is 15.8. The van der Waals surface area contributed by atoms with Crippen molar-refractivity contribution in [3.05, 3.63) is 66.3 Å². The number of rotatable bonds is 23. The number of anilines is 1. The summed E-state index contributed by atoms with van der Waals surface area (Å²) < 4.78 is 66.3. The van der Waals surface area contributed by atoms with Crippen molar-refractivity contribution >= 4 is 53.1 Å². The molecule has 0 aromatic heterocycles. The van der Waals surface area contributed by atoms with Crippen LogP contribution >= 0.6 is 0 Å². The van der Waals surface area contributed by atoms with Gasteiger partial charge in [0.25, 0.3) is 11.8 Å². The Morgan fingerprint density at radius 2 is 1.47 bits per heavy atom. The van der Waals surface area contributed by atoms with Crippen LogP contribution in [-0.4, -0.2) is 200 Å². The molecule has 1 spiro atoms. The number of fused-ring (bicyclic) bond motifs is 6. The molecule has 11 aliphatic heterocycles. The Morgan fingerprint density at radius 1 is 0.747 bits per heavy atom. The monoisotopic (exact) mass is 1330 g/mol. The van der Waals surface area contributed by atoms with Gasteiger partial charge in [-0.05, 0) is 111 Å². The summed E-state index contributed by atoms with van der Waals surface area (Å²) in [5, 5.41) is 25.0. The summed E-state index contributed by atoms with van der Waals surface area (Å²) >= 11 is 0. The average Bonchev–Trinajstić information content (AvgIpc) is 1.55. The number of nitrogens with two attached hydrogens (primary N) is 1. The lowest BCUT2D eigenvalue weighted by atomic mass is 9.81. The summed E-state index contributed by atoms with van der Waals surface area (Å²) in [7, 11) is 1.58. The minimum Gasteiger partial charge on any atom is -0.445 e. The normalized spacial score (nSPS) is 35.1. The maximum atomic E-state index is 14.5. The molecule has 0 aliphatic carbocycles. The first kappa shape index (κ1) is 70.1. The smallest absolute Gasteiger partial charge is 0.407 e. The van der Waals surface area contributed by atoms with Gasteiger partial charge in [-0.2, -0.15) is 0 Å². The second-order valence-corrected chi connectivity index (χ2v) is 28.1. The number of hydrogen-bond donors (Lipinski definition) is 7. The average molecular weight is 1330 g/mol. The quantitative estimate of drug-likeness (QED) is 0.0435. The molecule has 12 rings (SSSR count). The van der Waals surface area contributed by atoms with Crippen molar-refractivity contribution in [3.63, 3.8) is 0 Å². The molecule has 10 saturated heterocycles. The molecule has 522 valence electrons. The number of urea groups is 1. The third kappa shape index (κ3) is 17.0. The van der Waals surface area contributed by atoms with Crippen LogP contribution in [0.3, 0.4) is 0 Å². The lowest BCUT2D eigenvalue weighted by Crippen LogP contribution is -2.61. The van der Waals surface area contributed by atoms with Gasteiger partial charge in [0.1, 0.15) is 55.0 Å². The lowest BCUT2D eigenvalue weighted by molar-refractivity contribution is -0.292. The second kappa shape index (κ2) is 31.1. The van der Waals surface area contributed by atoms with Crippen molar-refractivity contribution < 1.29 is 90.8 Å². The van der Waals surface area contributed by atoms with E-state index in [4.69, 9.17) is 53.1 Å². The van der Waals surface area contributed by atoms with Crippen molar-refractivity contribution in [2.75, 3.05) is 32.1 Å². The number of Topliss-reactive ketones (excluding diaryl/α,β-unsaturated/α-hetero) is 1. The van der Waals surface area contributed by atoms with E-state index >= 15 is 0 Å². The van der Waals surface area contributed by atoms with Crippen molar-refractivity contribution in [1.29, 1.82) is 0 Å². The SMILES string of the molecule is C=C1C[C@@H]2CC[C@@]34C[C@H]5O[C@@H]6C(O[C@H]7CC[C@H](CC(=O)C[C@H]8C(C[C@H]9O[C@@H](CC[C@@H]1O2)C[C@@H](C)C9=C)O[C@H](C[C@H](O)CNC(=O)OCc1ccc(NC(=O)[C@H](CCCNC(N)=O)NC(=O)[C@@H](NC(=O)CCCCCN2C(=O)C=CC2=O)C(C)C)cc1)[C@@H]8OC)O[C@@H]7[C@@H]6O3)[C@@H]5O4. The fraction of sp³-hybridized carbons (Fsp3) is 0.710. The van der Waals surface area contributed by atoms with Crippen LogP contribution in [0.2, 0.25) is 0 Å². The van der Waals surface area contributed by atoms with Crippen LogP contribution in [0.25, 0.3) is 0 Å². The second-order valence-electron chi connectivity index (χ2n) is 28.1. The third-order valence-corrected chi connectivity index (χ3v) is 20.8. The van der Waals surface area contributed by atoms with E-state index in [0.717, 1.165) is 48.2 Å². The highest BCUT2D eigenvalue weighted by Gasteiger charge is 2.69. The molecular formula is C69H97N7O19. The number of carbonyl (C=O) groups excluding carboxylic acids is 8. The topological polar surface area (TPSA) is 339 Å². The highest BCUT2D eigenvalue weighted by Crippen LogP contribution is 2.54. The predicted octanol–water partition coefficient (Wildman–Crippen LogP) is 4.90. The number of nitrogens with one attached hydrogen (secondary N) is 5. The first-order valence-electron chi connectivity index (χ1n) is 34.4. The van der Waals surface area contributed by atoms with Crippen LogP contribution in [0, 0.1) is 17.8 Å². The van der Waals surface area contributed by atoms with Crippen molar-refractivity contribution in [2.24, 2.45) is 23.5 Å². The first-order chi connectivity index (χ1) is 45.6. The van der Waals surface area contributed by atoms with Crippen LogP contribution in [-0.2, 0) is 82.7 Å². The van der Waals surface area contributed by atoms with E-state index in [1.807, 2.05) is 0 Å². The van der Waals surface area contributed by atoms with E-state index in [1.165, 1.54) is 12.2 Å². The number of imide groups is 1. The molecule has 95 heavy (non-hydrogen) atoms. The zero-order valence-corrected chi connectivity index (χ0v) is 55.1. The molecular weight excluding hydrogens is 1230 g/mol. The van der Waals surface area contributed by atoms with E-state index in [0.29, 0.717) is 62.6 Å². The number of nitrogens with zero attached hydrogens (tertiary/aromatic N) is 1. The third-order valence-electron chi connectivity index (χ3n) is 20.8. The summed E-state index contributed by atoms with van der Waals surface area (Å²) in [6.45, 7) is 14.7. The molecule has 12 bridgehead atoms. The largest absolute Gasteiger partial charge is 0.445 e. The summed E-state index contributed by atoms with van der Waals surface area (Å²) in [5.74, 6) is -3.73. The molecule has 26 heteroatoms. The van der Waals surface area contributed by atoms with Crippen LogP contribution in [0.15, 0.2) is 60.7 Å². The first-order valence-corrected chi connectivity index (χ1v) is 34.4. The van der Waals surface area contributed by atoms with Gasteiger partial charge in [0.05, 0.1) is 67.1 Å². The minimum absolute atomic E-state index is 0.00477. The number of unbranched alkanes of at least 4 members (excludes halogenated alkanes) is 2. The maximum absolute atomic E-state index is 14.5. The Balaban J connectivity index is 0.674. The molecule has 21 atom stereocenters.